The average Bonchev–Trinajstić information content (AvgIpc) is 3.09. The summed E-state index contributed by atoms with van der Waals surface area (Å²) in [5.41, 5.74) is 2.48. The molecule has 2 aromatic heterocycles. The van der Waals surface area contributed by atoms with E-state index in [0.717, 1.165) is 0 Å². The molecule has 3 aromatic rings. The Kier molecular flexibility index (Phi) is 4.16. The largest absolute Gasteiger partial charge is 0.319 e. The summed E-state index contributed by atoms with van der Waals surface area (Å²) >= 11 is 0. The van der Waals surface area contributed by atoms with Crippen LogP contribution in [0.1, 0.15) is 36.7 Å². The standard InChI is InChI=1S/C19H20N4O/c1-19(2,3)15-9-7-14(8-10-15)18(24)22-16-6-4-11-20-17(16)23-13-5-12-21-23/h4-13H,1-3H3,(H,22,24). The number of benzene rings is 1. The van der Waals surface area contributed by atoms with Gasteiger partial charge >= 0.3 is 0 Å². The molecule has 0 atom stereocenters. The van der Waals surface area contributed by atoms with Crippen LogP contribution in [0.3, 0.4) is 0 Å². The lowest BCUT2D eigenvalue weighted by atomic mass is 9.87. The van der Waals surface area contributed by atoms with Crippen molar-refractivity contribution in [2.75, 3.05) is 5.32 Å². The van der Waals surface area contributed by atoms with Crippen molar-refractivity contribution in [3.63, 3.8) is 0 Å². The van der Waals surface area contributed by atoms with Gasteiger partial charge in [-0.3, -0.25) is 4.79 Å². The lowest BCUT2D eigenvalue weighted by Crippen LogP contribution is -2.16. The van der Waals surface area contributed by atoms with Gasteiger partial charge in [0.2, 0.25) is 0 Å². The van der Waals surface area contributed by atoms with Crippen molar-refractivity contribution in [1.82, 2.24) is 14.8 Å². The molecule has 0 unspecified atom stereocenters. The molecule has 0 aliphatic carbocycles. The Morgan fingerprint density at radius 1 is 1.04 bits per heavy atom. The summed E-state index contributed by atoms with van der Waals surface area (Å²) in [5.74, 6) is 0.416. The minimum Gasteiger partial charge on any atom is -0.319 e. The lowest BCUT2D eigenvalue weighted by molar-refractivity contribution is 0.102. The molecule has 3 rings (SSSR count). The van der Waals surface area contributed by atoms with E-state index in [0.29, 0.717) is 17.1 Å². The fourth-order valence-corrected chi connectivity index (χ4v) is 2.39. The van der Waals surface area contributed by atoms with Gasteiger partial charge in [0, 0.05) is 24.2 Å². The maximum absolute atomic E-state index is 12.5. The number of carbonyl (C=O) groups excluding carboxylic acids is 1. The first-order valence-corrected chi connectivity index (χ1v) is 7.82. The summed E-state index contributed by atoms with van der Waals surface area (Å²) in [4.78, 5) is 16.8. The topological polar surface area (TPSA) is 59.8 Å². The van der Waals surface area contributed by atoms with E-state index >= 15 is 0 Å². The second-order valence-corrected chi connectivity index (χ2v) is 6.61. The quantitative estimate of drug-likeness (QED) is 0.798. The zero-order chi connectivity index (χ0) is 17.2. The van der Waals surface area contributed by atoms with Gasteiger partial charge in [-0.25, -0.2) is 9.67 Å². The zero-order valence-electron chi connectivity index (χ0n) is 14.0. The Morgan fingerprint density at radius 2 is 1.79 bits per heavy atom. The van der Waals surface area contributed by atoms with Crippen LogP contribution in [-0.2, 0) is 5.41 Å². The Hall–Kier alpha value is -2.95. The molecule has 0 bridgehead atoms. The summed E-state index contributed by atoms with van der Waals surface area (Å²) in [6.45, 7) is 6.44. The normalized spacial score (nSPS) is 11.3. The Morgan fingerprint density at radius 3 is 2.42 bits per heavy atom. The molecule has 0 aliphatic rings. The number of hydrogen-bond donors (Lipinski definition) is 1. The maximum atomic E-state index is 12.5. The third-order valence-electron chi connectivity index (χ3n) is 3.77. The predicted octanol–water partition coefficient (Wildman–Crippen LogP) is 3.82. The first-order chi connectivity index (χ1) is 11.4. The molecular weight excluding hydrogens is 300 g/mol. The van der Waals surface area contributed by atoms with Gasteiger partial charge in [0.25, 0.3) is 5.91 Å². The highest BCUT2D eigenvalue weighted by atomic mass is 16.1. The number of hydrogen-bond acceptors (Lipinski definition) is 3. The van der Waals surface area contributed by atoms with Crippen LogP contribution >= 0.6 is 0 Å². The molecule has 0 fully saturated rings. The van der Waals surface area contributed by atoms with E-state index in [2.05, 4.69) is 36.2 Å². The second-order valence-electron chi connectivity index (χ2n) is 6.61. The van der Waals surface area contributed by atoms with Crippen molar-refractivity contribution in [3.05, 3.63) is 72.2 Å². The van der Waals surface area contributed by atoms with Crippen LogP contribution in [0.25, 0.3) is 5.82 Å². The highest BCUT2D eigenvalue weighted by Gasteiger charge is 2.15. The monoisotopic (exact) mass is 320 g/mol. The van der Waals surface area contributed by atoms with E-state index in [1.807, 2.05) is 36.4 Å². The summed E-state index contributed by atoms with van der Waals surface area (Å²) in [6, 6.07) is 13.1. The number of carbonyl (C=O) groups is 1. The smallest absolute Gasteiger partial charge is 0.255 e. The molecule has 0 saturated carbocycles. The number of rotatable bonds is 3. The highest BCUT2D eigenvalue weighted by molar-refractivity contribution is 6.05. The van der Waals surface area contributed by atoms with Crippen molar-refractivity contribution < 1.29 is 4.79 Å². The molecule has 122 valence electrons. The van der Waals surface area contributed by atoms with Gasteiger partial charge in [-0.2, -0.15) is 5.10 Å². The number of nitrogens with one attached hydrogen (secondary N) is 1. The van der Waals surface area contributed by atoms with E-state index < -0.39 is 0 Å². The molecule has 0 saturated heterocycles. The van der Waals surface area contributed by atoms with Crippen LogP contribution in [-0.4, -0.2) is 20.7 Å². The van der Waals surface area contributed by atoms with Gasteiger partial charge in [0.05, 0.1) is 5.69 Å². The molecule has 0 spiro atoms. The molecule has 0 aliphatic heterocycles. The Balaban J connectivity index is 1.83. The minimum atomic E-state index is -0.170. The Labute approximate surface area is 141 Å². The third kappa shape index (κ3) is 3.35. The molecule has 1 aromatic carbocycles. The van der Waals surface area contributed by atoms with Crippen molar-refractivity contribution in [2.24, 2.45) is 0 Å². The van der Waals surface area contributed by atoms with Gasteiger partial charge in [-0.1, -0.05) is 32.9 Å². The molecule has 1 N–H and O–H groups in total. The van der Waals surface area contributed by atoms with E-state index in [-0.39, 0.29) is 11.3 Å². The lowest BCUT2D eigenvalue weighted by Gasteiger charge is -2.19. The summed E-state index contributed by atoms with van der Waals surface area (Å²) in [6.07, 6.45) is 5.13. The average molecular weight is 320 g/mol. The molecule has 0 radical (unpaired) electrons. The van der Waals surface area contributed by atoms with E-state index in [1.54, 1.807) is 29.3 Å². The van der Waals surface area contributed by atoms with Crippen LogP contribution in [0.2, 0.25) is 0 Å². The fourth-order valence-electron chi connectivity index (χ4n) is 2.39. The zero-order valence-corrected chi connectivity index (χ0v) is 14.0. The van der Waals surface area contributed by atoms with Crippen molar-refractivity contribution >= 4 is 11.6 Å². The van der Waals surface area contributed by atoms with Crippen LogP contribution < -0.4 is 5.32 Å². The highest BCUT2D eigenvalue weighted by Crippen LogP contribution is 2.23. The molecular formula is C19H20N4O. The van der Waals surface area contributed by atoms with E-state index in [9.17, 15) is 4.79 Å². The van der Waals surface area contributed by atoms with Gasteiger partial charge in [-0.15, -0.1) is 0 Å². The number of pyridine rings is 1. The van der Waals surface area contributed by atoms with Gasteiger partial charge in [-0.05, 0) is 41.3 Å². The van der Waals surface area contributed by atoms with Crippen molar-refractivity contribution in [1.29, 1.82) is 0 Å². The van der Waals surface area contributed by atoms with Gasteiger partial charge < -0.3 is 5.32 Å². The third-order valence-corrected chi connectivity index (χ3v) is 3.77. The van der Waals surface area contributed by atoms with Crippen LogP contribution in [0.4, 0.5) is 5.69 Å². The second kappa shape index (κ2) is 6.28. The SMILES string of the molecule is CC(C)(C)c1ccc(C(=O)Nc2cccnc2-n2cccn2)cc1. The first kappa shape index (κ1) is 15.9. The van der Waals surface area contributed by atoms with E-state index in [4.69, 9.17) is 0 Å². The van der Waals surface area contributed by atoms with Gasteiger partial charge in [0.15, 0.2) is 5.82 Å². The van der Waals surface area contributed by atoms with Crippen molar-refractivity contribution in [2.45, 2.75) is 26.2 Å². The number of nitrogens with zero attached hydrogens (tertiary/aromatic N) is 3. The molecule has 24 heavy (non-hydrogen) atoms. The summed E-state index contributed by atoms with van der Waals surface area (Å²) < 4.78 is 1.62. The number of amides is 1. The summed E-state index contributed by atoms with van der Waals surface area (Å²) in [7, 11) is 0. The van der Waals surface area contributed by atoms with Crippen molar-refractivity contribution in [3.8, 4) is 5.82 Å². The number of aromatic nitrogens is 3. The summed E-state index contributed by atoms with van der Waals surface area (Å²) in [5, 5.41) is 7.08. The van der Waals surface area contributed by atoms with Crippen LogP contribution in [0, 0.1) is 0 Å². The first-order valence-electron chi connectivity index (χ1n) is 7.82. The van der Waals surface area contributed by atoms with Crippen LogP contribution in [0.15, 0.2) is 61.1 Å². The molecule has 5 heteroatoms. The van der Waals surface area contributed by atoms with Crippen LogP contribution in [0.5, 0.6) is 0 Å². The predicted molar refractivity (Wildman–Crippen MR) is 94.5 cm³/mol. The Bertz CT molecular complexity index is 831. The number of anilines is 1. The maximum Gasteiger partial charge on any atom is 0.255 e. The molecule has 5 nitrogen and oxygen atoms in total. The molecule has 2 heterocycles. The van der Waals surface area contributed by atoms with Gasteiger partial charge in [0.1, 0.15) is 0 Å². The fraction of sp³-hybridized carbons (Fsp3) is 0.211. The molecule has 1 amide bonds. The van der Waals surface area contributed by atoms with E-state index in [1.165, 1.54) is 5.56 Å². The minimum absolute atomic E-state index is 0.0611.